The summed E-state index contributed by atoms with van der Waals surface area (Å²) >= 11 is 0. The Bertz CT molecular complexity index is 516. The molecule has 2 saturated heterocycles. The highest BCUT2D eigenvalue weighted by Crippen LogP contribution is 2.47. The zero-order chi connectivity index (χ0) is 18.9. The molecule has 2 amide bonds. The molecular weight excluding hydrogens is 332 g/mol. The minimum absolute atomic E-state index is 0.0603. The van der Waals surface area contributed by atoms with E-state index in [-0.39, 0.29) is 12.5 Å². The number of nitrogens with zero attached hydrogens (tertiary/aromatic N) is 2. The van der Waals surface area contributed by atoms with Crippen molar-refractivity contribution >= 4 is 12.0 Å². The van der Waals surface area contributed by atoms with E-state index in [0.717, 1.165) is 31.2 Å². The maximum atomic E-state index is 13.1. The number of methoxy groups -OCH3 is 1. The highest BCUT2D eigenvalue weighted by molar-refractivity contribution is 5.82. The molecule has 2 aliphatic carbocycles. The van der Waals surface area contributed by atoms with Crippen LogP contribution in [0.5, 0.6) is 0 Å². The highest BCUT2D eigenvalue weighted by atomic mass is 16.6. The number of carbonyl (C=O) groups excluding carboxylic acids is 2. The third-order valence-corrected chi connectivity index (χ3v) is 5.97. The average Bonchev–Trinajstić information content (AvgIpc) is 2.73. The van der Waals surface area contributed by atoms with Crippen molar-refractivity contribution in [3.63, 3.8) is 0 Å². The van der Waals surface area contributed by atoms with E-state index in [1.165, 1.54) is 24.2 Å². The number of ether oxygens (including phenoxy) is 2. The van der Waals surface area contributed by atoms with Gasteiger partial charge in [-0.25, -0.2) is 4.79 Å². The summed E-state index contributed by atoms with van der Waals surface area (Å²) in [5, 5.41) is 0. The summed E-state index contributed by atoms with van der Waals surface area (Å²) in [5.41, 5.74) is -0.577. The molecule has 4 fully saturated rings. The molecular formula is C20H34N2O4. The fraction of sp³-hybridized carbons (Fsp3) is 0.900. The summed E-state index contributed by atoms with van der Waals surface area (Å²) in [6.45, 7) is 7.22. The fourth-order valence-corrected chi connectivity index (χ4v) is 5.11. The molecule has 2 heterocycles. The lowest BCUT2D eigenvalue weighted by atomic mass is 9.68. The molecule has 6 nitrogen and oxygen atoms in total. The van der Waals surface area contributed by atoms with Crippen LogP contribution in [0.3, 0.4) is 0 Å². The fourth-order valence-electron chi connectivity index (χ4n) is 5.11. The summed E-state index contributed by atoms with van der Waals surface area (Å²) in [6.07, 6.45) is 5.75. The summed E-state index contributed by atoms with van der Waals surface area (Å²) in [4.78, 5) is 29.2. The molecule has 4 aliphatic rings. The SMILES string of the molecule is COCCN(CC(=O)N1CC2CC3CC(C2)CC1C3)C(=O)OC(C)(C)C. The molecule has 0 aromatic rings. The predicted octanol–water partition coefficient (Wildman–Crippen LogP) is 2.91. The van der Waals surface area contributed by atoms with Gasteiger partial charge in [0.1, 0.15) is 12.1 Å². The Hall–Kier alpha value is -1.30. The van der Waals surface area contributed by atoms with Gasteiger partial charge in [-0.2, -0.15) is 0 Å². The highest BCUT2D eigenvalue weighted by Gasteiger charge is 2.44. The summed E-state index contributed by atoms with van der Waals surface area (Å²) in [7, 11) is 1.60. The molecule has 0 aromatic heterocycles. The van der Waals surface area contributed by atoms with Crippen molar-refractivity contribution < 1.29 is 19.1 Å². The Balaban J connectivity index is 1.66. The van der Waals surface area contributed by atoms with Gasteiger partial charge in [0.2, 0.25) is 5.91 Å². The van der Waals surface area contributed by atoms with Gasteiger partial charge in [0.25, 0.3) is 0 Å². The number of hydrogen-bond donors (Lipinski definition) is 0. The normalized spacial score (nSPS) is 30.2. The van der Waals surface area contributed by atoms with E-state index in [0.29, 0.717) is 25.1 Å². The molecule has 26 heavy (non-hydrogen) atoms. The van der Waals surface area contributed by atoms with E-state index < -0.39 is 11.7 Å². The van der Waals surface area contributed by atoms with Crippen LogP contribution in [0, 0.1) is 17.8 Å². The van der Waals surface area contributed by atoms with Gasteiger partial charge < -0.3 is 14.4 Å². The molecule has 2 saturated carbocycles. The second-order valence-corrected chi connectivity index (χ2v) is 9.37. The molecule has 0 N–H and O–H groups in total. The lowest BCUT2D eigenvalue weighted by Gasteiger charge is -2.39. The third kappa shape index (κ3) is 4.70. The van der Waals surface area contributed by atoms with E-state index in [1.54, 1.807) is 7.11 Å². The summed E-state index contributed by atoms with van der Waals surface area (Å²) < 4.78 is 10.6. The van der Waals surface area contributed by atoms with Crippen LogP contribution in [-0.4, -0.2) is 66.8 Å². The maximum absolute atomic E-state index is 13.1. The zero-order valence-corrected chi connectivity index (χ0v) is 16.7. The summed E-state index contributed by atoms with van der Waals surface area (Å²) in [6, 6.07) is 0.363. The van der Waals surface area contributed by atoms with Crippen molar-refractivity contribution in [2.45, 2.75) is 64.5 Å². The number of hydrogen-bond acceptors (Lipinski definition) is 4. The molecule has 2 atom stereocenters. The van der Waals surface area contributed by atoms with Crippen LogP contribution in [0.1, 0.15) is 52.9 Å². The minimum atomic E-state index is -0.577. The van der Waals surface area contributed by atoms with Gasteiger partial charge >= 0.3 is 6.09 Å². The van der Waals surface area contributed by atoms with Crippen molar-refractivity contribution in [2.24, 2.45) is 17.8 Å². The predicted molar refractivity (Wildman–Crippen MR) is 98.7 cm³/mol. The minimum Gasteiger partial charge on any atom is -0.444 e. The van der Waals surface area contributed by atoms with E-state index in [2.05, 4.69) is 4.90 Å². The van der Waals surface area contributed by atoms with E-state index in [1.807, 2.05) is 20.8 Å². The van der Waals surface area contributed by atoms with Crippen LogP contribution in [0.4, 0.5) is 4.79 Å². The molecule has 0 radical (unpaired) electrons. The second-order valence-electron chi connectivity index (χ2n) is 9.37. The van der Waals surface area contributed by atoms with E-state index >= 15 is 0 Å². The van der Waals surface area contributed by atoms with Crippen molar-refractivity contribution in [3.8, 4) is 0 Å². The number of amides is 2. The first-order valence-corrected chi connectivity index (χ1v) is 10.0. The number of rotatable bonds is 5. The van der Waals surface area contributed by atoms with Gasteiger partial charge in [0.05, 0.1) is 6.61 Å². The van der Waals surface area contributed by atoms with Gasteiger partial charge in [-0.05, 0) is 70.6 Å². The quantitative estimate of drug-likeness (QED) is 0.751. The van der Waals surface area contributed by atoms with Crippen LogP contribution in [-0.2, 0) is 14.3 Å². The molecule has 4 rings (SSSR count). The zero-order valence-electron chi connectivity index (χ0n) is 16.7. The van der Waals surface area contributed by atoms with E-state index in [9.17, 15) is 9.59 Å². The van der Waals surface area contributed by atoms with Crippen molar-refractivity contribution in [2.75, 3.05) is 33.4 Å². The Kier molecular flexibility index (Phi) is 5.80. The average molecular weight is 367 g/mol. The number of fused-ring (bicyclic) bond motifs is 1. The molecule has 0 spiro atoms. The van der Waals surface area contributed by atoms with Crippen LogP contribution >= 0.6 is 0 Å². The van der Waals surface area contributed by atoms with Crippen molar-refractivity contribution in [1.29, 1.82) is 0 Å². The van der Waals surface area contributed by atoms with Crippen LogP contribution in [0.15, 0.2) is 0 Å². The first-order valence-electron chi connectivity index (χ1n) is 10.0. The first kappa shape index (κ1) is 19.5. The first-order chi connectivity index (χ1) is 12.2. The molecule has 0 aromatic carbocycles. The molecule has 2 unspecified atom stereocenters. The Labute approximate surface area is 157 Å². The Morgan fingerprint density at radius 3 is 2.23 bits per heavy atom. The van der Waals surface area contributed by atoms with Gasteiger partial charge in [0, 0.05) is 26.2 Å². The van der Waals surface area contributed by atoms with Crippen LogP contribution in [0.2, 0.25) is 0 Å². The molecule has 6 heteroatoms. The Morgan fingerprint density at radius 1 is 1.04 bits per heavy atom. The lowest BCUT2D eigenvalue weighted by Crippen LogP contribution is -2.49. The smallest absolute Gasteiger partial charge is 0.410 e. The van der Waals surface area contributed by atoms with Crippen LogP contribution in [0.25, 0.3) is 0 Å². The third-order valence-electron chi connectivity index (χ3n) is 5.97. The van der Waals surface area contributed by atoms with Gasteiger partial charge in [-0.3, -0.25) is 9.69 Å². The second kappa shape index (κ2) is 7.75. The standard InChI is InChI=1S/C20H34N2O4/c1-20(2,3)26-19(24)21(5-6-25-4)13-18(23)22-12-16-8-14-7-15(9-16)11-17(22)10-14/h14-17H,5-13H2,1-4H3. The molecule has 148 valence electrons. The number of carbonyl (C=O) groups is 2. The Morgan fingerprint density at radius 2 is 1.65 bits per heavy atom. The maximum Gasteiger partial charge on any atom is 0.410 e. The monoisotopic (exact) mass is 366 g/mol. The van der Waals surface area contributed by atoms with Gasteiger partial charge in [-0.1, -0.05) is 0 Å². The summed E-state index contributed by atoms with van der Waals surface area (Å²) in [5.74, 6) is 2.30. The van der Waals surface area contributed by atoms with Crippen molar-refractivity contribution in [3.05, 3.63) is 0 Å². The van der Waals surface area contributed by atoms with Crippen molar-refractivity contribution in [1.82, 2.24) is 9.80 Å². The lowest BCUT2D eigenvalue weighted by molar-refractivity contribution is -0.135. The largest absolute Gasteiger partial charge is 0.444 e. The van der Waals surface area contributed by atoms with Crippen LogP contribution < -0.4 is 0 Å². The molecule has 2 aliphatic heterocycles. The topological polar surface area (TPSA) is 59.1 Å². The molecule has 4 bridgehead atoms. The van der Waals surface area contributed by atoms with Gasteiger partial charge in [0.15, 0.2) is 0 Å². The van der Waals surface area contributed by atoms with Gasteiger partial charge in [-0.15, -0.1) is 0 Å². The van der Waals surface area contributed by atoms with E-state index in [4.69, 9.17) is 9.47 Å².